The summed E-state index contributed by atoms with van der Waals surface area (Å²) in [7, 11) is 3.99. The van der Waals surface area contributed by atoms with Crippen LogP contribution in [0.15, 0.2) is 24.5 Å². The summed E-state index contributed by atoms with van der Waals surface area (Å²) < 4.78 is 7.81. The Kier molecular flexibility index (Phi) is 5.71. The highest BCUT2D eigenvalue weighted by Gasteiger charge is 2.25. The zero-order valence-corrected chi connectivity index (χ0v) is 15.4. The number of aryl methyl sites for hydroxylation is 2. The van der Waals surface area contributed by atoms with Crippen LogP contribution >= 0.6 is 0 Å². The molecule has 6 nitrogen and oxygen atoms in total. The van der Waals surface area contributed by atoms with Crippen molar-refractivity contribution in [3.05, 3.63) is 35.8 Å². The van der Waals surface area contributed by atoms with Crippen molar-refractivity contribution in [3.8, 4) is 11.6 Å². The maximum atomic E-state index is 10.2. The highest BCUT2D eigenvalue weighted by molar-refractivity contribution is 5.34. The summed E-state index contributed by atoms with van der Waals surface area (Å²) in [4.78, 5) is 6.36. The molecule has 0 saturated heterocycles. The van der Waals surface area contributed by atoms with Crippen molar-refractivity contribution in [1.82, 2.24) is 19.7 Å². The predicted molar refractivity (Wildman–Crippen MR) is 96.6 cm³/mol. The molecule has 1 saturated carbocycles. The molecule has 1 fully saturated rings. The first-order valence-corrected chi connectivity index (χ1v) is 9.01. The van der Waals surface area contributed by atoms with E-state index in [4.69, 9.17) is 4.74 Å². The summed E-state index contributed by atoms with van der Waals surface area (Å²) in [6, 6.07) is 3.75. The third-order valence-corrected chi connectivity index (χ3v) is 4.98. The number of pyridine rings is 1. The number of aliphatic hydroxyl groups excluding tert-OH is 1. The quantitative estimate of drug-likeness (QED) is 0.873. The van der Waals surface area contributed by atoms with Gasteiger partial charge in [-0.2, -0.15) is 5.10 Å². The Morgan fingerprint density at radius 2 is 2.16 bits per heavy atom. The molecule has 2 aromatic rings. The maximum absolute atomic E-state index is 10.2. The van der Waals surface area contributed by atoms with Gasteiger partial charge < -0.3 is 14.7 Å². The van der Waals surface area contributed by atoms with E-state index in [0.29, 0.717) is 11.7 Å². The van der Waals surface area contributed by atoms with Crippen LogP contribution in [0.1, 0.15) is 36.9 Å². The van der Waals surface area contributed by atoms with Crippen molar-refractivity contribution in [2.45, 2.75) is 45.3 Å². The van der Waals surface area contributed by atoms with Crippen LogP contribution in [0.2, 0.25) is 0 Å². The molecule has 0 aliphatic heterocycles. The summed E-state index contributed by atoms with van der Waals surface area (Å²) in [5, 5.41) is 14.7. The Morgan fingerprint density at radius 3 is 2.88 bits per heavy atom. The third-order valence-electron chi connectivity index (χ3n) is 4.98. The largest absolute Gasteiger partial charge is 0.437 e. The van der Waals surface area contributed by atoms with Crippen LogP contribution in [-0.4, -0.2) is 44.5 Å². The first-order valence-electron chi connectivity index (χ1n) is 9.01. The van der Waals surface area contributed by atoms with Crippen LogP contribution in [0, 0.1) is 12.8 Å². The van der Waals surface area contributed by atoms with Gasteiger partial charge in [0, 0.05) is 26.3 Å². The highest BCUT2D eigenvalue weighted by atomic mass is 16.5. The fraction of sp³-hybridized carbons (Fsp3) is 0.579. The zero-order valence-electron chi connectivity index (χ0n) is 15.4. The third kappa shape index (κ3) is 4.38. The van der Waals surface area contributed by atoms with Gasteiger partial charge >= 0.3 is 0 Å². The fourth-order valence-corrected chi connectivity index (χ4v) is 3.65. The van der Waals surface area contributed by atoms with E-state index in [1.54, 1.807) is 17.1 Å². The lowest BCUT2D eigenvalue weighted by Gasteiger charge is -2.31. The fourth-order valence-electron chi connectivity index (χ4n) is 3.65. The maximum Gasteiger partial charge on any atom is 0.222 e. The number of aromatic nitrogens is 3. The molecule has 25 heavy (non-hydrogen) atoms. The molecule has 2 aromatic heterocycles. The smallest absolute Gasteiger partial charge is 0.222 e. The van der Waals surface area contributed by atoms with Gasteiger partial charge in [0.2, 0.25) is 5.88 Å². The van der Waals surface area contributed by atoms with E-state index >= 15 is 0 Å². The average molecular weight is 344 g/mol. The second kappa shape index (κ2) is 7.97. The lowest BCUT2D eigenvalue weighted by Crippen LogP contribution is -2.34. The molecule has 1 aliphatic carbocycles. The Balaban J connectivity index is 1.71. The summed E-state index contributed by atoms with van der Waals surface area (Å²) in [5.74, 6) is 1.82. The molecule has 1 aliphatic rings. The molecule has 0 spiro atoms. The normalized spacial score (nSPS) is 20.8. The number of nitrogens with zero attached hydrogens (tertiary/aromatic N) is 4. The zero-order chi connectivity index (χ0) is 17.8. The van der Waals surface area contributed by atoms with Gasteiger partial charge in [0.25, 0.3) is 0 Å². The van der Waals surface area contributed by atoms with Crippen molar-refractivity contribution in [2.24, 2.45) is 13.0 Å². The minimum Gasteiger partial charge on any atom is -0.437 e. The van der Waals surface area contributed by atoms with Gasteiger partial charge in [-0.25, -0.2) is 4.68 Å². The monoisotopic (exact) mass is 344 g/mol. The predicted octanol–water partition coefficient (Wildman–Crippen LogP) is 2.90. The van der Waals surface area contributed by atoms with Crippen molar-refractivity contribution in [3.63, 3.8) is 0 Å². The number of hydrogen-bond acceptors (Lipinski definition) is 5. The summed E-state index contributed by atoms with van der Waals surface area (Å²) >= 11 is 0. The molecule has 2 heterocycles. The van der Waals surface area contributed by atoms with Crippen LogP contribution in [0.5, 0.6) is 11.6 Å². The topological polar surface area (TPSA) is 63.4 Å². The van der Waals surface area contributed by atoms with Gasteiger partial charge in [-0.3, -0.25) is 4.98 Å². The van der Waals surface area contributed by atoms with Crippen LogP contribution in [0.3, 0.4) is 0 Å². The van der Waals surface area contributed by atoms with Crippen molar-refractivity contribution in [1.29, 1.82) is 0 Å². The van der Waals surface area contributed by atoms with Crippen LogP contribution in [0.4, 0.5) is 0 Å². The Morgan fingerprint density at radius 1 is 1.36 bits per heavy atom. The van der Waals surface area contributed by atoms with E-state index in [-0.39, 0.29) is 6.10 Å². The first-order chi connectivity index (χ1) is 12.0. The van der Waals surface area contributed by atoms with E-state index < -0.39 is 0 Å². The minimum atomic E-state index is -0.169. The van der Waals surface area contributed by atoms with E-state index in [1.807, 2.05) is 26.1 Å². The summed E-state index contributed by atoms with van der Waals surface area (Å²) in [6.45, 7) is 3.65. The molecular weight excluding hydrogens is 316 g/mol. The molecule has 1 N–H and O–H groups in total. The van der Waals surface area contributed by atoms with Crippen LogP contribution in [0.25, 0.3) is 0 Å². The van der Waals surface area contributed by atoms with Gasteiger partial charge in [0.05, 0.1) is 23.6 Å². The molecule has 2 atom stereocenters. The molecule has 3 rings (SSSR count). The number of ether oxygens (including phenoxy) is 1. The van der Waals surface area contributed by atoms with Gasteiger partial charge in [-0.05, 0) is 44.9 Å². The van der Waals surface area contributed by atoms with Gasteiger partial charge in [0.15, 0.2) is 0 Å². The Hall–Kier alpha value is -1.92. The van der Waals surface area contributed by atoms with Gasteiger partial charge in [0.1, 0.15) is 5.75 Å². The molecular formula is C19H28N4O2. The Labute approximate surface area is 149 Å². The highest BCUT2D eigenvalue weighted by Crippen LogP contribution is 2.29. The summed E-state index contributed by atoms with van der Waals surface area (Å²) in [5.41, 5.74) is 2.05. The first kappa shape index (κ1) is 17.9. The van der Waals surface area contributed by atoms with Crippen LogP contribution in [-0.2, 0) is 13.6 Å². The molecule has 0 amide bonds. The molecule has 0 aromatic carbocycles. The molecule has 0 radical (unpaired) electrons. The van der Waals surface area contributed by atoms with Crippen LogP contribution < -0.4 is 4.74 Å². The van der Waals surface area contributed by atoms with E-state index in [0.717, 1.165) is 49.5 Å². The van der Waals surface area contributed by atoms with Crippen molar-refractivity contribution < 1.29 is 9.84 Å². The average Bonchev–Trinajstić information content (AvgIpc) is 2.85. The Bertz CT molecular complexity index is 686. The second-order valence-corrected chi connectivity index (χ2v) is 7.09. The van der Waals surface area contributed by atoms with E-state index in [2.05, 4.69) is 22.0 Å². The molecule has 0 bridgehead atoms. The minimum absolute atomic E-state index is 0.169. The molecule has 136 valence electrons. The van der Waals surface area contributed by atoms with Gasteiger partial charge in [-0.1, -0.05) is 12.8 Å². The molecule has 6 heteroatoms. The lowest BCUT2D eigenvalue weighted by molar-refractivity contribution is 0.0500. The summed E-state index contributed by atoms with van der Waals surface area (Å²) in [6.07, 6.45) is 7.66. The lowest BCUT2D eigenvalue weighted by atomic mass is 9.86. The van der Waals surface area contributed by atoms with Crippen molar-refractivity contribution in [2.75, 3.05) is 13.6 Å². The van der Waals surface area contributed by atoms with Gasteiger partial charge in [-0.15, -0.1) is 0 Å². The SMILES string of the molecule is Cc1nn(C)c(Oc2cccnc2)c1CN(C)CC1CCCCC1O. The number of aliphatic hydroxyl groups is 1. The molecule has 2 unspecified atom stereocenters. The number of rotatable bonds is 6. The standard InChI is InChI=1S/C19H28N4O2/c1-14-17(13-22(2)12-15-7-4-5-9-18(15)24)19(23(3)21-14)25-16-8-6-10-20-11-16/h6,8,10-11,15,18,24H,4-5,7,9,12-13H2,1-3H3. The van der Waals surface area contributed by atoms with Crippen molar-refractivity contribution >= 4 is 0 Å². The van der Waals surface area contributed by atoms with E-state index in [1.165, 1.54) is 6.42 Å². The second-order valence-electron chi connectivity index (χ2n) is 7.09. The van der Waals surface area contributed by atoms with E-state index in [9.17, 15) is 5.11 Å². The number of hydrogen-bond donors (Lipinski definition) is 1.